The Morgan fingerprint density at radius 2 is 1.67 bits per heavy atom. The van der Waals surface area contributed by atoms with Gasteiger partial charge in [0.15, 0.2) is 0 Å². The number of hydrogen-bond donors (Lipinski definition) is 0. The molecule has 0 spiro atoms. The van der Waals surface area contributed by atoms with Crippen LogP contribution in [0.1, 0.15) is 38.3 Å². The zero-order chi connectivity index (χ0) is 24.2. The minimum absolute atomic E-state index is 0.129. The molecule has 0 heterocycles. The van der Waals surface area contributed by atoms with E-state index < -0.39 is 26.3 Å². The van der Waals surface area contributed by atoms with Crippen LogP contribution in [0.3, 0.4) is 0 Å². The molecule has 3 atom stereocenters. The Kier molecular flexibility index (Phi) is 10.2. The zero-order valence-corrected chi connectivity index (χ0v) is 28.8. The summed E-state index contributed by atoms with van der Waals surface area (Å²) >= 11 is -0.382. The number of anilines is 2. The Morgan fingerprint density at radius 3 is 2.30 bits per heavy atom. The second kappa shape index (κ2) is 12.2. The van der Waals surface area contributed by atoms with Crippen LogP contribution in [-0.2, 0) is 5.16 Å². The number of rotatable bonds is 9. The molecule has 0 fully saturated rings. The number of para-hydroxylation sites is 2. The number of nitrogens with zero attached hydrogens (tertiary/aromatic N) is 1. The Bertz CT molecular complexity index is 1070. The van der Waals surface area contributed by atoms with Crippen LogP contribution in [0.2, 0.25) is 0 Å². The predicted octanol–water partition coefficient (Wildman–Crippen LogP) is 5.14. The van der Waals surface area contributed by atoms with E-state index in [1.165, 1.54) is 27.8 Å². The van der Waals surface area contributed by atoms with Crippen molar-refractivity contribution < 1.29 is 24.7 Å². The molecular weight excluding hydrogens is 775 g/mol. The summed E-state index contributed by atoms with van der Waals surface area (Å²) in [6, 6.07) is 25.5. The van der Waals surface area contributed by atoms with Gasteiger partial charge in [-0.1, -0.05) is 0 Å². The van der Waals surface area contributed by atoms with Gasteiger partial charge in [-0.15, -0.1) is 0 Å². The van der Waals surface area contributed by atoms with E-state index in [0.29, 0.717) is 5.92 Å². The van der Waals surface area contributed by atoms with E-state index in [4.69, 9.17) is 19.3 Å². The molecule has 0 aliphatic heterocycles. The van der Waals surface area contributed by atoms with E-state index in [-0.39, 0.29) is 5.16 Å². The van der Waals surface area contributed by atoms with E-state index >= 15 is 0 Å². The van der Waals surface area contributed by atoms with Crippen molar-refractivity contribution in [2.45, 2.75) is 39.3 Å². The van der Waals surface area contributed by atoms with Crippen molar-refractivity contribution in [2.24, 2.45) is 5.92 Å². The molecular formula is C26H30Cl2INOPTl-. The van der Waals surface area contributed by atoms with Gasteiger partial charge in [0.05, 0.1) is 0 Å². The summed E-state index contributed by atoms with van der Waals surface area (Å²) in [6.07, 6.45) is 1.07. The second-order valence-electron chi connectivity index (χ2n) is 8.45. The van der Waals surface area contributed by atoms with E-state index in [9.17, 15) is 0 Å². The molecule has 7 heteroatoms. The molecule has 0 saturated carbocycles. The third-order valence-electron chi connectivity index (χ3n) is 6.55. The van der Waals surface area contributed by atoms with Crippen molar-refractivity contribution >= 4 is 59.6 Å². The molecule has 0 aromatic heterocycles. The molecule has 3 rings (SSSR count). The van der Waals surface area contributed by atoms with E-state index in [0.717, 1.165) is 12.2 Å². The molecule has 3 aromatic carbocycles. The van der Waals surface area contributed by atoms with Crippen LogP contribution in [0, 0.1) is 12.8 Å². The van der Waals surface area contributed by atoms with Gasteiger partial charge in [-0.25, -0.2) is 0 Å². The van der Waals surface area contributed by atoms with E-state index in [1.807, 2.05) is 12.1 Å². The van der Waals surface area contributed by atoms with Gasteiger partial charge >= 0.3 is 231 Å². The average molecular weight is 806 g/mol. The molecule has 1 radical (unpaired) electrons. The minimum atomic E-state index is -3.10. The van der Waals surface area contributed by atoms with Crippen LogP contribution in [0.5, 0.6) is 5.75 Å². The molecule has 0 aliphatic rings. The maximum absolute atomic E-state index is 6.27. The van der Waals surface area contributed by atoms with Gasteiger partial charge in [0, 0.05) is 0 Å². The van der Waals surface area contributed by atoms with Crippen molar-refractivity contribution in [3.8, 4) is 5.75 Å². The first-order chi connectivity index (χ1) is 15.7. The molecule has 33 heavy (non-hydrogen) atoms. The topological polar surface area (TPSA) is 12.5 Å². The third-order valence-corrected chi connectivity index (χ3v) is 16.7. The molecule has 0 saturated heterocycles. The van der Waals surface area contributed by atoms with Crippen molar-refractivity contribution in [1.29, 1.82) is 0 Å². The second-order valence-corrected chi connectivity index (χ2v) is 25.1. The van der Waals surface area contributed by atoms with Crippen molar-refractivity contribution in [3.05, 3.63) is 83.9 Å². The predicted molar refractivity (Wildman–Crippen MR) is 144 cm³/mol. The third kappa shape index (κ3) is 6.02. The molecule has 3 aromatic rings. The van der Waals surface area contributed by atoms with Gasteiger partial charge < -0.3 is 0 Å². The summed E-state index contributed by atoms with van der Waals surface area (Å²) in [5.41, 5.74) is 4.30. The Hall–Kier alpha value is -0.0779. The number of benzene rings is 3. The fraction of sp³-hybridized carbons (Fsp3) is 0.308. The monoisotopic (exact) mass is 805 g/mol. The number of aryl methyl sites for hydroxylation is 1. The Morgan fingerprint density at radius 1 is 1.03 bits per heavy atom. The van der Waals surface area contributed by atoms with Crippen LogP contribution in [-0.4, -0.2) is 27.8 Å². The summed E-state index contributed by atoms with van der Waals surface area (Å²) in [5.74, 6) is 1.29. The molecule has 0 amide bonds. The summed E-state index contributed by atoms with van der Waals surface area (Å²) in [6.45, 7) is 9.25. The molecule has 3 unspecified atom stereocenters. The van der Waals surface area contributed by atoms with Crippen LogP contribution in [0.4, 0.5) is 11.4 Å². The molecule has 0 aliphatic carbocycles. The van der Waals surface area contributed by atoms with Gasteiger partial charge in [0.1, 0.15) is 0 Å². The molecule has 175 valence electrons. The van der Waals surface area contributed by atoms with Gasteiger partial charge in [0.2, 0.25) is 0 Å². The van der Waals surface area contributed by atoms with Crippen molar-refractivity contribution in [1.82, 2.24) is 0 Å². The number of halogens is 3. The first-order valence-electron chi connectivity index (χ1n) is 11.1. The van der Waals surface area contributed by atoms with Gasteiger partial charge in [-0.3, -0.25) is 0 Å². The summed E-state index contributed by atoms with van der Waals surface area (Å²) in [5, 5.41) is 1.28. The first-order valence-corrected chi connectivity index (χ1v) is 28.1. The summed E-state index contributed by atoms with van der Waals surface area (Å²) in [7, 11) is 14.7. The normalized spacial score (nSPS) is 14.8. The van der Waals surface area contributed by atoms with Crippen LogP contribution in [0.15, 0.2) is 72.8 Å². The SMILES string of the molecule is CCC(C)C(C)(c1ccccc1[O][Tl]([Cl])[Cl])P([I-])c1c(C)cccc1N(C)c1ccccc1. The molecule has 2 nitrogen and oxygen atoms in total. The number of hydrogen-bond acceptors (Lipinski definition) is 2. The zero-order valence-electron chi connectivity index (χ0n) is 19.7. The van der Waals surface area contributed by atoms with E-state index in [1.54, 1.807) is 0 Å². The summed E-state index contributed by atoms with van der Waals surface area (Å²) < 4.78 is 6.10. The Labute approximate surface area is 229 Å². The van der Waals surface area contributed by atoms with Crippen molar-refractivity contribution in [3.63, 3.8) is 0 Å². The van der Waals surface area contributed by atoms with Crippen LogP contribution < -0.4 is 34.9 Å². The fourth-order valence-electron chi connectivity index (χ4n) is 4.24. The van der Waals surface area contributed by atoms with Gasteiger partial charge in [-0.05, 0) is 0 Å². The van der Waals surface area contributed by atoms with Gasteiger partial charge in [-0.2, -0.15) is 0 Å². The summed E-state index contributed by atoms with van der Waals surface area (Å²) in [4.78, 5) is 2.31. The average Bonchev–Trinajstić information content (AvgIpc) is 2.82. The van der Waals surface area contributed by atoms with E-state index in [2.05, 4.69) is 122 Å². The molecule has 0 bridgehead atoms. The van der Waals surface area contributed by atoms with Crippen LogP contribution >= 0.6 is 22.2 Å². The van der Waals surface area contributed by atoms with Gasteiger partial charge in [0.25, 0.3) is 0 Å². The first kappa shape index (κ1) is 27.5. The maximum atomic E-state index is 6.27. The quantitative estimate of drug-likeness (QED) is 0.169. The Balaban J connectivity index is 2.20. The van der Waals surface area contributed by atoms with Crippen LogP contribution in [0.25, 0.3) is 0 Å². The fourth-order valence-corrected chi connectivity index (χ4v) is 13.8. The standard InChI is InChI=1S/C26H31INOP.2ClH.Tl/c1-6-20(3)26(4,22-16-10-11-18-24(22)29)30(27)25-19(2)13-12-17-23(25)28(5)21-14-8-7-9-15-21;;;/h7-18,20,29H,6H2,1-5H3;2*1H;/q-1;;;+3/p-3. The van der Waals surface area contributed by atoms with Crippen molar-refractivity contribution in [2.75, 3.05) is 11.9 Å². The molecule has 0 N–H and O–H groups in total.